The highest BCUT2D eigenvalue weighted by Crippen LogP contribution is 2.83. The van der Waals surface area contributed by atoms with Crippen molar-refractivity contribution < 1.29 is 0 Å². The third-order valence-corrected chi connectivity index (χ3v) is 4.81. The zero-order chi connectivity index (χ0) is 12.7. The van der Waals surface area contributed by atoms with Crippen LogP contribution in [0.5, 0.6) is 0 Å². The molecule has 2 fully saturated rings. The Morgan fingerprint density at radius 3 is 1.71 bits per heavy atom. The lowest BCUT2D eigenvalue weighted by Gasteiger charge is -2.30. The fourth-order valence-electron chi connectivity index (χ4n) is 3.90. The van der Waals surface area contributed by atoms with Crippen molar-refractivity contribution in [3.8, 4) is 24.3 Å². The summed E-state index contributed by atoms with van der Waals surface area (Å²) in [5, 5.41) is 37.3. The first-order valence-corrected chi connectivity index (χ1v) is 5.77. The van der Waals surface area contributed by atoms with Gasteiger partial charge in [0.25, 0.3) is 0 Å². The van der Waals surface area contributed by atoms with E-state index in [4.69, 9.17) is 0 Å². The SMILES string of the molecule is CC1CCCCC12C(C#N)(C#N)C2(C#N)C#N. The molecule has 0 N–H and O–H groups in total. The van der Waals surface area contributed by atoms with Gasteiger partial charge in [0.1, 0.15) is 0 Å². The molecule has 4 heteroatoms. The zero-order valence-electron chi connectivity index (χ0n) is 9.69. The second-order valence-electron chi connectivity index (χ2n) is 5.07. The molecule has 1 spiro atoms. The van der Waals surface area contributed by atoms with Crippen LogP contribution in [0, 0.1) is 67.5 Å². The molecule has 2 rings (SSSR count). The quantitative estimate of drug-likeness (QED) is 0.630. The van der Waals surface area contributed by atoms with Crippen molar-refractivity contribution in [3.05, 3.63) is 0 Å². The third kappa shape index (κ3) is 0.833. The summed E-state index contributed by atoms with van der Waals surface area (Å²) in [7, 11) is 0. The van der Waals surface area contributed by atoms with Crippen molar-refractivity contribution in [2.45, 2.75) is 32.6 Å². The van der Waals surface area contributed by atoms with E-state index in [2.05, 4.69) is 0 Å². The van der Waals surface area contributed by atoms with E-state index < -0.39 is 16.2 Å². The molecule has 0 aliphatic heterocycles. The smallest absolute Gasteiger partial charge is 0.184 e. The molecule has 84 valence electrons. The van der Waals surface area contributed by atoms with E-state index in [9.17, 15) is 21.0 Å². The van der Waals surface area contributed by atoms with Gasteiger partial charge in [-0.1, -0.05) is 19.8 Å². The van der Waals surface area contributed by atoms with Crippen molar-refractivity contribution in [1.82, 2.24) is 0 Å². The molecular weight excluding hydrogens is 212 g/mol. The highest BCUT2D eigenvalue weighted by atomic mass is 14.9. The Morgan fingerprint density at radius 2 is 1.35 bits per heavy atom. The predicted octanol–water partition coefficient (Wildman–Crippen LogP) is 2.26. The number of rotatable bonds is 0. The Bertz CT molecular complexity index is 454. The van der Waals surface area contributed by atoms with Gasteiger partial charge in [-0.05, 0) is 18.8 Å². The molecular formula is C13H12N4. The monoisotopic (exact) mass is 224 g/mol. The van der Waals surface area contributed by atoms with Crippen molar-refractivity contribution in [1.29, 1.82) is 21.0 Å². The lowest BCUT2D eigenvalue weighted by Crippen LogP contribution is -2.26. The van der Waals surface area contributed by atoms with Crippen LogP contribution < -0.4 is 0 Å². The van der Waals surface area contributed by atoms with E-state index in [-0.39, 0.29) is 5.92 Å². The summed E-state index contributed by atoms with van der Waals surface area (Å²) >= 11 is 0. The molecule has 0 amide bonds. The summed E-state index contributed by atoms with van der Waals surface area (Å²) in [5.74, 6) is 0.0786. The Labute approximate surface area is 101 Å². The molecule has 2 saturated carbocycles. The van der Waals surface area contributed by atoms with Crippen LogP contribution in [-0.4, -0.2) is 0 Å². The minimum Gasteiger partial charge on any atom is -0.196 e. The molecule has 0 aromatic carbocycles. The fourth-order valence-corrected chi connectivity index (χ4v) is 3.90. The third-order valence-electron chi connectivity index (χ3n) is 4.81. The average molecular weight is 224 g/mol. The van der Waals surface area contributed by atoms with Crippen molar-refractivity contribution >= 4 is 0 Å². The topological polar surface area (TPSA) is 95.2 Å². The zero-order valence-corrected chi connectivity index (χ0v) is 9.69. The molecule has 0 bridgehead atoms. The molecule has 0 aromatic heterocycles. The maximum atomic E-state index is 9.31. The maximum absolute atomic E-state index is 9.31. The molecule has 17 heavy (non-hydrogen) atoms. The summed E-state index contributed by atoms with van der Waals surface area (Å²) < 4.78 is 0. The molecule has 1 atom stereocenters. The van der Waals surface area contributed by atoms with Gasteiger partial charge in [0.15, 0.2) is 10.8 Å². The standard InChI is InChI=1S/C13H12N4/c1-10-4-2-3-5-13(10)11(6-14,7-15)12(13,8-16)9-17/h10H,2-5H2,1H3. The summed E-state index contributed by atoms with van der Waals surface area (Å²) in [6, 6.07) is 7.92. The van der Waals surface area contributed by atoms with Crippen LogP contribution in [0.25, 0.3) is 0 Å². The number of hydrogen-bond donors (Lipinski definition) is 0. The summed E-state index contributed by atoms with van der Waals surface area (Å²) in [4.78, 5) is 0. The van der Waals surface area contributed by atoms with Crippen LogP contribution in [0.15, 0.2) is 0 Å². The van der Waals surface area contributed by atoms with Gasteiger partial charge in [0, 0.05) is 5.41 Å². The molecule has 0 aromatic rings. The summed E-state index contributed by atoms with van der Waals surface area (Å²) in [6.45, 7) is 1.96. The highest BCUT2D eigenvalue weighted by Gasteiger charge is 2.92. The van der Waals surface area contributed by atoms with Crippen molar-refractivity contribution in [3.63, 3.8) is 0 Å². The van der Waals surface area contributed by atoms with E-state index in [0.717, 1.165) is 19.3 Å². The molecule has 0 saturated heterocycles. The Morgan fingerprint density at radius 1 is 0.882 bits per heavy atom. The van der Waals surface area contributed by atoms with E-state index >= 15 is 0 Å². The average Bonchev–Trinajstić information content (AvgIpc) is 2.89. The lowest BCUT2D eigenvalue weighted by atomic mass is 9.71. The molecule has 1 unspecified atom stereocenters. The Kier molecular flexibility index (Phi) is 2.17. The van der Waals surface area contributed by atoms with E-state index in [0.29, 0.717) is 6.42 Å². The Balaban J connectivity index is 2.65. The molecule has 2 aliphatic rings. The van der Waals surface area contributed by atoms with Gasteiger partial charge in [0.05, 0.1) is 24.3 Å². The van der Waals surface area contributed by atoms with Crippen molar-refractivity contribution in [2.24, 2.45) is 22.2 Å². The van der Waals surface area contributed by atoms with Crippen molar-refractivity contribution in [2.75, 3.05) is 0 Å². The van der Waals surface area contributed by atoms with Gasteiger partial charge in [-0.15, -0.1) is 0 Å². The normalized spacial score (nSPS) is 30.3. The van der Waals surface area contributed by atoms with Crippen LogP contribution in [0.4, 0.5) is 0 Å². The minimum absolute atomic E-state index is 0.0786. The van der Waals surface area contributed by atoms with E-state index in [1.54, 1.807) is 0 Å². The largest absolute Gasteiger partial charge is 0.196 e. The molecule has 0 radical (unpaired) electrons. The first-order chi connectivity index (χ1) is 8.12. The highest BCUT2D eigenvalue weighted by molar-refractivity contribution is 5.56. The van der Waals surface area contributed by atoms with Gasteiger partial charge in [-0.3, -0.25) is 0 Å². The van der Waals surface area contributed by atoms with Gasteiger partial charge < -0.3 is 0 Å². The van der Waals surface area contributed by atoms with Crippen LogP contribution in [0.2, 0.25) is 0 Å². The summed E-state index contributed by atoms with van der Waals surface area (Å²) in [5.41, 5.74) is -3.59. The number of hydrogen-bond acceptors (Lipinski definition) is 4. The summed E-state index contributed by atoms with van der Waals surface area (Å²) in [6.07, 6.45) is 3.45. The second kappa shape index (κ2) is 3.23. The fraction of sp³-hybridized carbons (Fsp3) is 0.692. The van der Waals surface area contributed by atoms with Crippen LogP contribution in [0.1, 0.15) is 32.6 Å². The van der Waals surface area contributed by atoms with Crippen LogP contribution in [-0.2, 0) is 0 Å². The first-order valence-electron chi connectivity index (χ1n) is 5.77. The van der Waals surface area contributed by atoms with Gasteiger partial charge in [-0.25, -0.2) is 0 Å². The van der Waals surface area contributed by atoms with Gasteiger partial charge in [-0.2, -0.15) is 21.0 Å². The van der Waals surface area contributed by atoms with E-state index in [1.807, 2.05) is 31.2 Å². The van der Waals surface area contributed by atoms with Crippen LogP contribution >= 0.6 is 0 Å². The van der Waals surface area contributed by atoms with Gasteiger partial charge in [0.2, 0.25) is 0 Å². The predicted molar refractivity (Wildman–Crippen MR) is 57.4 cm³/mol. The first kappa shape index (κ1) is 11.4. The maximum Gasteiger partial charge on any atom is 0.184 e. The lowest BCUT2D eigenvalue weighted by molar-refractivity contribution is 0.189. The molecule has 0 heterocycles. The minimum atomic E-state index is -1.43. The molecule has 2 aliphatic carbocycles. The van der Waals surface area contributed by atoms with Crippen LogP contribution in [0.3, 0.4) is 0 Å². The number of nitrogens with zero attached hydrogens (tertiary/aromatic N) is 4. The second-order valence-corrected chi connectivity index (χ2v) is 5.07. The Hall–Kier alpha value is -2.04. The molecule has 4 nitrogen and oxygen atoms in total. The van der Waals surface area contributed by atoms with Gasteiger partial charge >= 0.3 is 0 Å². The number of nitriles is 4. The van der Waals surface area contributed by atoms with E-state index in [1.165, 1.54) is 0 Å².